The first-order chi connectivity index (χ1) is 9.99. The van der Waals surface area contributed by atoms with Crippen LogP contribution in [-0.2, 0) is 6.42 Å². The molecule has 2 rings (SSSR count). The van der Waals surface area contributed by atoms with Gasteiger partial charge in [-0.25, -0.2) is 0 Å². The van der Waals surface area contributed by atoms with Gasteiger partial charge in [-0.2, -0.15) is 0 Å². The van der Waals surface area contributed by atoms with Crippen LogP contribution in [0.3, 0.4) is 0 Å². The second kappa shape index (κ2) is 6.53. The van der Waals surface area contributed by atoms with E-state index in [0.29, 0.717) is 28.0 Å². The minimum Gasteiger partial charge on any atom is -0.496 e. The summed E-state index contributed by atoms with van der Waals surface area (Å²) in [6, 6.07) is 4.89. The minimum atomic E-state index is -0.293. The van der Waals surface area contributed by atoms with Crippen LogP contribution in [0.5, 0.6) is 5.75 Å². The largest absolute Gasteiger partial charge is 0.496 e. The highest BCUT2D eigenvalue weighted by Crippen LogP contribution is 2.24. The highest BCUT2D eigenvalue weighted by molar-refractivity contribution is 7.15. The van der Waals surface area contributed by atoms with Crippen molar-refractivity contribution in [1.82, 2.24) is 10.2 Å². The molecule has 1 heterocycles. The number of carbonyl (C=O) groups excluding carboxylic acids is 1. The first kappa shape index (κ1) is 15.2. The van der Waals surface area contributed by atoms with Gasteiger partial charge in [-0.05, 0) is 18.1 Å². The van der Waals surface area contributed by atoms with Gasteiger partial charge in [-0.1, -0.05) is 25.2 Å². The lowest BCUT2D eigenvalue weighted by Gasteiger charge is -2.08. The highest BCUT2D eigenvalue weighted by atomic mass is 32.1. The van der Waals surface area contributed by atoms with Gasteiger partial charge in [0.25, 0.3) is 5.91 Å². The van der Waals surface area contributed by atoms with Crippen LogP contribution >= 0.6 is 11.3 Å². The number of aromatic nitrogens is 2. The normalized spacial score (nSPS) is 10.7. The van der Waals surface area contributed by atoms with E-state index < -0.39 is 0 Å². The van der Waals surface area contributed by atoms with Crippen LogP contribution < -0.4 is 15.8 Å². The van der Waals surface area contributed by atoms with Crippen molar-refractivity contribution in [2.75, 3.05) is 18.2 Å². The topological polar surface area (TPSA) is 90.1 Å². The lowest BCUT2D eigenvalue weighted by Crippen LogP contribution is -2.13. The molecule has 6 nitrogen and oxygen atoms in total. The van der Waals surface area contributed by atoms with E-state index in [2.05, 4.69) is 29.4 Å². The predicted octanol–water partition coefficient (Wildman–Crippen LogP) is 2.58. The van der Waals surface area contributed by atoms with E-state index in [1.165, 1.54) is 18.4 Å². The standard InChI is InChI=1S/C14H18N4O2S/c1-8(2)6-12-17-18-14(21-12)16-13(19)10-5-4-9(15)7-11(10)20-3/h4-5,7-8H,6,15H2,1-3H3,(H,16,18,19). The van der Waals surface area contributed by atoms with Gasteiger partial charge in [0.15, 0.2) is 0 Å². The molecule has 0 aliphatic carbocycles. The number of amides is 1. The fraction of sp³-hybridized carbons (Fsp3) is 0.357. The molecule has 0 radical (unpaired) electrons. The fourth-order valence-corrected chi connectivity index (χ4v) is 2.74. The number of nitrogen functional groups attached to an aromatic ring is 1. The van der Waals surface area contributed by atoms with E-state index in [1.807, 2.05) is 0 Å². The zero-order valence-electron chi connectivity index (χ0n) is 12.2. The van der Waals surface area contributed by atoms with Gasteiger partial charge >= 0.3 is 0 Å². The summed E-state index contributed by atoms with van der Waals surface area (Å²) in [5, 5.41) is 12.2. The molecule has 1 aromatic carbocycles. The molecule has 0 atom stereocenters. The van der Waals surface area contributed by atoms with Gasteiger partial charge in [0.05, 0.1) is 12.7 Å². The maximum atomic E-state index is 12.2. The molecule has 0 aliphatic heterocycles. The molecule has 0 saturated carbocycles. The number of rotatable bonds is 5. The highest BCUT2D eigenvalue weighted by Gasteiger charge is 2.15. The van der Waals surface area contributed by atoms with Crippen molar-refractivity contribution < 1.29 is 9.53 Å². The Kier molecular flexibility index (Phi) is 4.74. The van der Waals surface area contributed by atoms with Gasteiger partial charge in [-0.15, -0.1) is 10.2 Å². The van der Waals surface area contributed by atoms with Crippen LogP contribution in [0.15, 0.2) is 18.2 Å². The van der Waals surface area contributed by atoms with Crippen LogP contribution in [0, 0.1) is 5.92 Å². The van der Waals surface area contributed by atoms with Gasteiger partial charge in [-0.3, -0.25) is 10.1 Å². The molecule has 0 fully saturated rings. The number of benzene rings is 1. The zero-order valence-corrected chi connectivity index (χ0v) is 13.0. The average Bonchev–Trinajstić information content (AvgIpc) is 2.84. The number of anilines is 2. The lowest BCUT2D eigenvalue weighted by molar-refractivity contribution is 0.102. The second-order valence-electron chi connectivity index (χ2n) is 5.01. The van der Waals surface area contributed by atoms with Gasteiger partial charge < -0.3 is 10.5 Å². The summed E-state index contributed by atoms with van der Waals surface area (Å²) in [7, 11) is 1.50. The lowest BCUT2D eigenvalue weighted by atomic mass is 10.1. The van der Waals surface area contributed by atoms with E-state index in [4.69, 9.17) is 10.5 Å². The Balaban J connectivity index is 2.12. The monoisotopic (exact) mass is 306 g/mol. The van der Waals surface area contributed by atoms with Gasteiger partial charge in [0.2, 0.25) is 5.13 Å². The molecule has 2 aromatic rings. The van der Waals surface area contributed by atoms with E-state index in [1.54, 1.807) is 18.2 Å². The Morgan fingerprint density at radius 1 is 1.43 bits per heavy atom. The molecule has 1 aromatic heterocycles. The molecular formula is C14H18N4O2S. The Labute approximate surface area is 127 Å². The number of nitrogens with two attached hydrogens (primary N) is 1. The van der Waals surface area contributed by atoms with Crippen molar-refractivity contribution in [2.24, 2.45) is 5.92 Å². The number of ether oxygens (including phenoxy) is 1. The van der Waals surface area contributed by atoms with E-state index in [-0.39, 0.29) is 5.91 Å². The number of hydrogen-bond donors (Lipinski definition) is 2. The molecule has 0 bridgehead atoms. The maximum Gasteiger partial charge on any atom is 0.261 e. The summed E-state index contributed by atoms with van der Waals surface area (Å²) in [6.45, 7) is 4.22. The van der Waals surface area contributed by atoms with Crippen molar-refractivity contribution >= 4 is 28.1 Å². The molecule has 112 valence electrons. The molecule has 1 amide bonds. The van der Waals surface area contributed by atoms with Crippen LogP contribution in [0.4, 0.5) is 10.8 Å². The molecule has 0 spiro atoms. The molecule has 7 heteroatoms. The summed E-state index contributed by atoms with van der Waals surface area (Å²) in [5.41, 5.74) is 6.62. The summed E-state index contributed by atoms with van der Waals surface area (Å²) in [6.07, 6.45) is 0.846. The zero-order chi connectivity index (χ0) is 15.4. The second-order valence-corrected chi connectivity index (χ2v) is 6.07. The van der Waals surface area contributed by atoms with Crippen molar-refractivity contribution in [3.8, 4) is 5.75 Å². The first-order valence-electron chi connectivity index (χ1n) is 6.57. The fourth-order valence-electron chi connectivity index (χ4n) is 1.80. The third-order valence-electron chi connectivity index (χ3n) is 2.74. The van der Waals surface area contributed by atoms with Crippen LogP contribution in [0.1, 0.15) is 29.2 Å². The van der Waals surface area contributed by atoms with Crippen molar-refractivity contribution in [2.45, 2.75) is 20.3 Å². The summed E-state index contributed by atoms with van der Waals surface area (Å²) < 4.78 is 5.17. The van der Waals surface area contributed by atoms with Gasteiger partial charge in [0, 0.05) is 18.2 Å². The van der Waals surface area contributed by atoms with Crippen LogP contribution in [0.25, 0.3) is 0 Å². The number of carbonyl (C=O) groups is 1. The van der Waals surface area contributed by atoms with Crippen molar-refractivity contribution in [1.29, 1.82) is 0 Å². The minimum absolute atomic E-state index is 0.293. The molecular weight excluding hydrogens is 288 g/mol. The molecule has 21 heavy (non-hydrogen) atoms. The van der Waals surface area contributed by atoms with Crippen molar-refractivity contribution in [3.05, 3.63) is 28.8 Å². The Morgan fingerprint density at radius 2 is 2.19 bits per heavy atom. The smallest absolute Gasteiger partial charge is 0.261 e. The summed E-state index contributed by atoms with van der Waals surface area (Å²) in [5.74, 6) is 0.636. The quantitative estimate of drug-likeness (QED) is 0.829. The van der Waals surface area contributed by atoms with Gasteiger partial charge in [0.1, 0.15) is 10.8 Å². The predicted molar refractivity (Wildman–Crippen MR) is 83.8 cm³/mol. The summed E-state index contributed by atoms with van der Waals surface area (Å²) >= 11 is 1.38. The van der Waals surface area contributed by atoms with E-state index in [9.17, 15) is 4.79 Å². The molecule has 3 N–H and O–H groups in total. The number of methoxy groups -OCH3 is 1. The van der Waals surface area contributed by atoms with Crippen molar-refractivity contribution in [3.63, 3.8) is 0 Å². The van der Waals surface area contributed by atoms with E-state index >= 15 is 0 Å². The summed E-state index contributed by atoms with van der Waals surface area (Å²) in [4.78, 5) is 12.2. The maximum absolute atomic E-state index is 12.2. The van der Waals surface area contributed by atoms with Crippen LogP contribution in [-0.4, -0.2) is 23.2 Å². The van der Waals surface area contributed by atoms with E-state index in [0.717, 1.165) is 11.4 Å². The Morgan fingerprint density at radius 3 is 2.86 bits per heavy atom. The van der Waals surface area contributed by atoms with Crippen LogP contribution in [0.2, 0.25) is 0 Å². The Bertz CT molecular complexity index is 640. The number of nitrogens with zero attached hydrogens (tertiary/aromatic N) is 2. The molecule has 0 unspecified atom stereocenters. The SMILES string of the molecule is COc1cc(N)ccc1C(=O)Nc1nnc(CC(C)C)s1. The number of hydrogen-bond acceptors (Lipinski definition) is 6. The third-order valence-corrected chi connectivity index (χ3v) is 3.60. The third kappa shape index (κ3) is 3.91. The first-order valence-corrected chi connectivity index (χ1v) is 7.38. The molecule has 0 saturated heterocycles. The molecule has 0 aliphatic rings. The average molecular weight is 306 g/mol. The Hall–Kier alpha value is -2.15. The number of nitrogens with one attached hydrogen (secondary N) is 1.